The summed E-state index contributed by atoms with van der Waals surface area (Å²) in [5, 5.41) is 20.1. The first-order chi connectivity index (χ1) is 9.73. The van der Waals surface area contributed by atoms with E-state index in [9.17, 15) is 15.0 Å². The Morgan fingerprint density at radius 1 is 1.14 bits per heavy atom. The highest BCUT2D eigenvalue weighted by molar-refractivity contribution is 5.99. The minimum Gasteiger partial charge on any atom is -0.505 e. The monoisotopic (exact) mass is 285 g/mol. The Hall–Kier alpha value is -2.36. The van der Waals surface area contributed by atoms with E-state index in [2.05, 4.69) is 4.98 Å². The lowest BCUT2D eigenvalue weighted by molar-refractivity contribution is 0.0696. The van der Waals surface area contributed by atoms with Gasteiger partial charge in [0.15, 0.2) is 0 Å². The number of carboxylic acids is 1. The fourth-order valence-electron chi connectivity index (χ4n) is 2.36. The van der Waals surface area contributed by atoms with Gasteiger partial charge in [-0.15, -0.1) is 0 Å². The lowest BCUT2D eigenvalue weighted by Crippen LogP contribution is -2.17. The molecule has 0 radical (unpaired) electrons. The summed E-state index contributed by atoms with van der Waals surface area (Å²) in [5.74, 6) is -1.15. The summed E-state index contributed by atoms with van der Waals surface area (Å²) in [6.45, 7) is 7.46. The van der Waals surface area contributed by atoms with Crippen molar-refractivity contribution in [3.8, 4) is 16.9 Å². The van der Waals surface area contributed by atoms with Crippen LogP contribution in [0.5, 0.6) is 5.75 Å². The van der Waals surface area contributed by atoms with Crippen molar-refractivity contribution >= 4 is 5.97 Å². The first-order valence-corrected chi connectivity index (χ1v) is 6.76. The number of benzene rings is 1. The fourth-order valence-corrected chi connectivity index (χ4v) is 2.36. The molecule has 2 aromatic rings. The average molecular weight is 285 g/mol. The number of hydrogen-bond acceptors (Lipinski definition) is 3. The zero-order chi connectivity index (χ0) is 15.8. The highest BCUT2D eigenvalue weighted by Gasteiger charge is 2.28. The molecule has 4 nitrogen and oxygen atoms in total. The van der Waals surface area contributed by atoms with E-state index in [0.717, 1.165) is 0 Å². The second kappa shape index (κ2) is 5.20. The van der Waals surface area contributed by atoms with Crippen molar-refractivity contribution in [2.75, 3.05) is 0 Å². The minimum absolute atomic E-state index is 0.0479. The number of nitrogens with zero attached hydrogens (tertiary/aromatic N) is 1. The van der Waals surface area contributed by atoms with Gasteiger partial charge in [0.2, 0.25) is 0 Å². The van der Waals surface area contributed by atoms with Gasteiger partial charge in [0, 0.05) is 11.0 Å². The molecule has 110 valence electrons. The highest BCUT2D eigenvalue weighted by Crippen LogP contribution is 2.40. The zero-order valence-electron chi connectivity index (χ0n) is 12.6. The number of aromatic nitrogens is 1. The maximum absolute atomic E-state index is 11.6. The lowest BCUT2D eigenvalue weighted by atomic mass is 9.86. The maximum Gasteiger partial charge on any atom is 0.338 e. The molecule has 0 saturated heterocycles. The van der Waals surface area contributed by atoms with Crippen molar-refractivity contribution < 1.29 is 15.0 Å². The minimum atomic E-state index is -1.09. The number of aromatic hydroxyl groups is 1. The molecule has 1 heterocycles. The Morgan fingerprint density at radius 2 is 1.71 bits per heavy atom. The smallest absolute Gasteiger partial charge is 0.338 e. The number of carboxylic acid groups (broad SMARTS) is 1. The van der Waals surface area contributed by atoms with Crippen LogP contribution in [0.2, 0.25) is 0 Å². The van der Waals surface area contributed by atoms with Crippen LogP contribution in [0, 0.1) is 6.92 Å². The molecule has 21 heavy (non-hydrogen) atoms. The van der Waals surface area contributed by atoms with Crippen molar-refractivity contribution in [3.63, 3.8) is 0 Å². The number of hydrogen-bond donors (Lipinski definition) is 2. The third kappa shape index (κ3) is 2.75. The van der Waals surface area contributed by atoms with Gasteiger partial charge in [0.25, 0.3) is 0 Å². The van der Waals surface area contributed by atoms with Crippen molar-refractivity contribution in [1.82, 2.24) is 4.98 Å². The normalized spacial score (nSPS) is 11.4. The molecule has 0 aliphatic carbocycles. The Labute approximate surface area is 124 Å². The van der Waals surface area contributed by atoms with E-state index >= 15 is 0 Å². The van der Waals surface area contributed by atoms with Gasteiger partial charge in [-0.1, -0.05) is 51.1 Å². The molecule has 2 rings (SSSR count). The molecule has 0 saturated carbocycles. The fraction of sp³-hybridized carbons (Fsp3) is 0.294. The molecular formula is C17H19NO3. The van der Waals surface area contributed by atoms with E-state index in [1.165, 1.54) is 0 Å². The molecule has 0 spiro atoms. The summed E-state index contributed by atoms with van der Waals surface area (Å²) in [4.78, 5) is 15.9. The van der Waals surface area contributed by atoms with Crippen molar-refractivity contribution in [2.45, 2.75) is 33.1 Å². The Kier molecular flexibility index (Phi) is 3.73. The predicted molar refractivity (Wildman–Crippen MR) is 81.7 cm³/mol. The molecule has 0 fully saturated rings. The first kappa shape index (κ1) is 15.0. The van der Waals surface area contributed by atoms with Gasteiger partial charge in [0.1, 0.15) is 5.75 Å². The summed E-state index contributed by atoms with van der Waals surface area (Å²) in [6, 6.07) is 9.04. The largest absolute Gasteiger partial charge is 0.505 e. The number of rotatable bonds is 2. The van der Waals surface area contributed by atoms with Crippen LogP contribution >= 0.6 is 0 Å². The van der Waals surface area contributed by atoms with Crippen LogP contribution in [0.1, 0.15) is 42.5 Å². The van der Waals surface area contributed by atoms with Gasteiger partial charge in [-0.25, -0.2) is 4.79 Å². The van der Waals surface area contributed by atoms with Crippen LogP contribution in [0.25, 0.3) is 11.1 Å². The SMILES string of the molecule is Cc1nc(C(C)(C)C)c(O)c(-c2ccccc2)c1C(=O)O. The highest BCUT2D eigenvalue weighted by atomic mass is 16.4. The van der Waals surface area contributed by atoms with Gasteiger partial charge < -0.3 is 10.2 Å². The molecule has 2 N–H and O–H groups in total. The van der Waals surface area contributed by atoms with E-state index in [1.54, 1.807) is 19.1 Å². The van der Waals surface area contributed by atoms with Crippen LogP contribution in [0.3, 0.4) is 0 Å². The molecule has 1 aromatic heterocycles. The van der Waals surface area contributed by atoms with E-state index in [1.807, 2.05) is 39.0 Å². The summed E-state index contributed by atoms with van der Waals surface area (Å²) >= 11 is 0. The van der Waals surface area contributed by atoms with Crippen LogP contribution in [-0.2, 0) is 5.41 Å². The number of aryl methyl sites for hydroxylation is 1. The Morgan fingerprint density at radius 3 is 2.19 bits per heavy atom. The molecule has 0 atom stereocenters. The zero-order valence-corrected chi connectivity index (χ0v) is 12.6. The van der Waals surface area contributed by atoms with Crippen LogP contribution in [0.15, 0.2) is 30.3 Å². The Bertz CT molecular complexity index is 685. The van der Waals surface area contributed by atoms with Crippen LogP contribution < -0.4 is 0 Å². The van der Waals surface area contributed by atoms with E-state index in [0.29, 0.717) is 22.5 Å². The molecule has 0 unspecified atom stereocenters. The molecule has 4 heteroatoms. The summed E-state index contributed by atoms with van der Waals surface area (Å²) in [7, 11) is 0. The van der Waals surface area contributed by atoms with Gasteiger partial charge >= 0.3 is 5.97 Å². The number of aromatic carboxylic acids is 1. The Balaban J connectivity index is 2.88. The second-order valence-corrected chi connectivity index (χ2v) is 6.07. The third-order valence-corrected chi connectivity index (χ3v) is 3.34. The lowest BCUT2D eigenvalue weighted by Gasteiger charge is -2.23. The second-order valence-electron chi connectivity index (χ2n) is 6.07. The van der Waals surface area contributed by atoms with Crippen molar-refractivity contribution in [1.29, 1.82) is 0 Å². The molecule has 0 aliphatic rings. The van der Waals surface area contributed by atoms with Gasteiger partial charge in [-0.05, 0) is 12.5 Å². The standard InChI is InChI=1S/C17H19NO3/c1-10-12(16(20)21)13(11-8-6-5-7-9-11)14(19)15(18-10)17(2,3)4/h5-9,19H,1-4H3,(H,20,21). The van der Waals surface area contributed by atoms with Crippen LogP contribution in [-0.4, -0.2) is 21.2 Å². The maximum atomic E-state index is 11.6. The predicted octanol–water partition coefficient (Wildman–Crippen LogP) is 3.76. The number of pyridine rings is 1. The molecule has 0 bridgehead atoms. The van der Waals surface area contributed by atoms with Crippen molar-refractivity contribution in [3.05, 3.63) is 47.3 Å². The van der Waals surface area contributed by atoms with Crippen LogP contribution in [0.4, 0.5) is 0 Å². The molecule has 1 aromatic carbocycles. The van der Waals surface area contributed by atoms with E-state index in [4.69, 9.17) is 0 Å². The number of carbonyl (C=O) groups is 1. The van der Waals surface area contributed by atoms with Crippen molar-refractivity contribution in [2.24, 2.45) is 0 Å². The summed E-state index contributed by atoms with van der Waals surface area (Å²) in [5.41, 5.74) is 1.58. The van der Waals surface area contributed by atoms with Gasteiger partial charge in [-0.3, -0.25) is 4.98 Å². The first-order valence-electron chi connectivity index (χ1n) is 6.76. The van der Waals surface area contributed by atoms with Gasteiger partial charge in [-0.2, -0.15) is 0 Å². The van der Waals surface area contributed by atoms with E-state index < -0.39 is 5.97 Å². The third-order valence-electron chi connectivity index (χ3n) is 3.34. The van der Waals surface area contributed by atoms with Gasteiger partial charge in [0.05, 0.1) is 17.0 Å². The summed E-state index contributed by atoms with van der Waals surface area (Å²) < 4.78 is 0. The van der Waals surface area contributed by atoms with E-state index in [-0.39, 0.29) is 16.7 Å². The molecular weight excluding hydrogens is 266 g/mol. The topological polar surface area (TPSA) is 70.4 Å². The summed E-state index contributed by atoms with van der Waals surface area (Å²) in [6.07, 6.45) is 0. The molecule has 0 aliphatic heterocycles. The average Bonchev–Trinajstić information content (AvgIpc) is 2.39. The molecule has 0 amide bonds. The quantitative estimate of drug-likeness (QED) is 0.881.